The van der Waals surface area contributed by atoms with Crippen LogP contribution in [0.1, 0.15) is 56.2 Å². The highest BCUT2D eigenvalue weighted by Gasteiger charge is 2.30. The summed E-state index contributed by atoms with van der Waals surface area (Å²) in [5.74, 6) is 2.28. The molecule has 11 heteroatoms. The number of imidazole rings is 1. The van der Waals surface area contributed by atoms with Crippen LogP contribution in [0.5, 0.6) is 0 Å². The van der Waals surface area contributed by atoms with Gasteiger partial charge in [0, 0.05) is 24.2 Å². The summed E-state index contributed by atoms with van der Waals surface area (Å²) in [6.45, 7) is 3.57. The third kappa shape index (κ3) is 6.00. The zero-order valence-electron chi connectivity index (χ0n) is 23.1. The van der Waals surface area contributed by atoms with Crippen LogP contribution >= 0.6 is 11.6 Å². The van der Waals surface area contributed by atoms with Gasteiger partial charge in [0.15, 0.2) is 17.6 Å². The highest BCUT2D eigenvalue weighted by atomic mass is 35.5. The van der Waals surface area contributed by atoms with Crippen molar-refractivity contribution in [2.75, 3.05) is 19.0 Å². The molecule has 1 amide bonds. The number of hydroxylamine groups is 1. The number of aromatic nitrogens is 4. The number of amides is 1. The molecule has 41 heavy (non-hydrogen) atoms. The number of rotatable bonds is 9. The number of halogens is 1. The maximum Gasteiger partial charge on any atom is 0.427 e. The molecule has 2 aromatic carbocycles. The number of nitrogens with zero attached hydrogens (tertiary/aromatic N) is 4. The normalized spacial score (nSPS) is 21.4. The van der Waals surface area contributed by atoms with Gasteiger partial charge in [0.25, 0.3) is 0 Å². The average molecular weight is 576 g/mol. The van der Waals surface area contributed by atoms with Gasteiger partial charge < -0.3 is 19.5 Å². The monoisotopic (exact) mass is 575 g/mol. The van der Waals surface area contributed by atoms with E-state index >= 15 is 0 Å². The minimum atomic E-state index is -0.711. The van der Waals surface area contributed by atoms with E-state index in [9.17, 15) is 4.79 Å². The molecule has 2 aliphatic rings. The summed E-state index contributed by atoms with van der Waals surface area (Å²) in [5, 5.41) is 6.96. The Morgan fingerprint density at radius 3 is 2.61 bits per heavy atom. The lowest BCUT2D eigenvalue weighted by atomic mass is 9.83. The molecular weight excluding hydrogens is 542 g/mol. The van der Waals surface area contributed by atoms with Gasteiger partial charge in [0.1, 0.15) is 11.2 Å². The maximum absolute atomic E-state index is 11.8. The summed E-state index contributed by atoms with van der Waals surface area (Å²) in [6.07, 6.45) is 3.43. The number of hydrogen-bond donors (Lipinski definition) is 3. The fourth-order valence-corrected chi connectivity index (χ4v) is 5.90. The molecular formula is C30H34ClN7O3. The predicted molar refractivity (Wildman–Crippen MR) is 157 cm³/mol. The molecule has 214 valence electrons. The molecule has 1 aliphatic heterocycles. The van der Waals surface area contributed by atoms with Crippen molar-refractivity contribution in [2.24, 2.45) is 11.8 Å². The van der Waals surface area contributed by atoms with Gasteiger partial charge in [-0.05, 0) is 42.4 Å². The number of carbonyl (C=O) groups is 1. The topological polar surface area (TPSA) is 115 Å². The Kier molecular flexibility index (Phi) is 8.04. The second-order valence-electron chi connectivity index (χ2n) is 10.9. The summed E-state index contributed by atoms with van der Waals surface area (Å²) in [6, 6.07) is 17.7. The van der Waals surface area contributed by atoms with Crippen LogP contribution in [0.2, 0.25) is 5.02 Å². The van der Waals surface area contributed by atoms with Crippen molar-refractivity contribution in [2.45, 2.75) is 51.4 Å². The highest BCUT2D eigenvalue weighted by Crippen LogP contribution is 2.36. The molecule has 1 aliphatic carbocycles. The van der Waals surface area contributed by atoms with Crippen molar-refractivity contribution in [3.05, 3.63) is 71.0 Å². The van der Waals surface area contributed by atoms with E-state index in [1.807, 2.05) is 42.5 Å². The van der Waals surface area contributed by atoms with Gasteiger partial charge in [-0.2, -0.15) is 4.98 Å². The highest BCUT2D eigenvalue weighted by molar-refractivity contribution is 6.30. The number of carbonyl (C=O) groups excluding carboxylic acids is 1. The molecule has 0 bridgehead atoms. The Balaban J connectivity index is 1.51. The van der Waals surface area contributed by atoms with Crippen molar-refractivity contribution >= 4 is 34.8 Å². The quantitative estimate of drug-likeness (QED) is 0.222. The molecule has 1 unspecified atom stereocenters. The maximum atomic E-state index is 11.8. The Morgan fingerprint density at radius 2 is 1.90 bits per heavy atom. The van der Waals surface area contributed by atoms with E-state index in [-0.39, 0.29) is 6.04 Å². The Morgan fingerprint density at radius 1 is 1.10 bits per heavy atom. The van der Waals surface area contributed by atoms with Gasteiger partial charge in [-0.3, -0.25) is 5.32 Å². The van der Waals surface area contributed by atoms with Crippen molar-refractivity contribution in [1.29, 1.82) is 0 Å². The van der Waals surface area contributed by atoms with Gasteiger partial charge in [0.2, 0.25) is 5.95 Å². The molecule has 2 atom stereocenters. The van der Waals surface area contributed by atoms with E-state index in [2.05, 4.69) is 39.7 Å². The third-order valence-corrected chi connectivity index (χ3v) is 8.16. The van der Waals surface area contributed by atoms with Crippen LogP contribution in [0.3, 0.4) is 0 Å². The molecule has 3 heterocycles. The van der Waals surface area contributed by atoms with Gasteiger partial charge in [-0.1, -0.05) is 73.8 Å². The lowest BCUT2D eigenvalue weighted by Crippen LogP contribution is -2.25. The minimum absolute atomic E-state index is 0.130. The lowest BCUT2D eigenvalue weighted by Gasteiger charge is -2.28. The molecule has 2 aromatic heterocycles. The van der Waals surface area contributed by atoms with Crippen molar-refractivity contribution in [3.63, 3.8) is 0 Å². The van der Waals surface area contributed by atoms with E-state index in [0.717, 1.165) is 41.9 Å². The van der Waals surface area contributed by atoms with E-state index in [4.69, 9.17) is 36.1 Å². The van der Waals surface area contributed by atoms with Gasteiger partial charge in [0.05, 0.1) is 12.6 Å². The zero-order chi connectivity index (χ0) is 28.3. The second kappa shape index (κ2) is 12.0. The SMILES string of the molecule is COC[C@H](Nc1nc2nc(C3NOC(=O)N3)nc(-c3cccc(Cl)c3)c2n1CC1CCC(C)CC1)c1ccccc1. The predicted octanol–water partition coefficient (Wildman–Crippen LogP) is 6.02. The molecule has 1 saturated carbocycles. The van der Waals surface area contributed by atoms with Crippen LogP contribution in [0, 0.1) is 11.8 Å². The molecule has 6 rings (SSSR count). The average Bonchev–Trinajstić information content (AvgIpc) is 3.57. The first-order valence-electron chi connectivity index (χ1n) is 14.1. The molecule has 0 radical (unpaired) electrons. The van der Waals surface area contributed by atoms with Crippen LogP contribution in [-0.2, 0) is 16.1 Å². The first kappa shape index (κ1) is 27.4. The fourth-order valence-electron chi connectivity index (χ4n) is 5.71. The zero-order valence-corrected chi connectivity index (χ0v) is 23.9. The number of methoxy groups -OCH3 is 1. The summed E-state index contributed by atoms with van der Waals surface area (Å²) < 4.78 is 7.83. The van der Waals surface area contributed by atoms with Crippen molar-refractivity contribution in [3.8, 4) is 11.3 Å². The standard InChI is InChI=1S/C30H34ClN7O3/c1-18-11-13-19(14-12-18)16-38-25-24(21-9-6-10-22(31)15-21)33-27(28-36-30(39)41-37-28)34-26(25)35-29(38)32-23(17-40-2)20-7-4-3-5-8-20/h3-10,15,18-19,23,28,37H,11-14,16-17H2,1-2H3,(H,36,39)(H,32,33,34,35)/t18?,19?,23-,28?/m0/s1. The number of anilines is 1. The number of hydrogen-bond acceptors (Lipinski definition) is 8. The van der Waals surface area contributed by atoms with Crippen LogP contribution < -0.4 is 16.1 Å². The summed E-state index contributed by atoms with van der Waals surface area (Å²) >= 11 is 6.44. The third-order valence-electron chi connectivity index (χ3n) is 7.92. The van der Waals surface area contributed by atoms with Gasteiger partial charge in [-0.15, -0.1) is 5.48 Å². The molecule has 2 fully saturated rings. The lowest BCUT2D eigenvalue weighted by molar-refractivity contribution is 0.120. The number of benzene rings is 2. The van der Waals surface area contributed by atoms with E-state index < -0.39 is 12.3 Å². The van der Waals surface area contributed by atoms with E-state index in [0.29, 0.717) is 40.7 Å². The van der Waals surface area contributed by atoms with Crippen LogP contribution in [0.25, 0.3) is 22.4 Å². The molecule has 1 saturated heterocycles. The summed E-state index contributed by atoms with van der Waals surface area (Å²) in [5.41, 5.74) is 6.60. The first-order valence-corrected chi connectivity index (χ1v) is 14.4. The smallest absolute Gasteiger partial charge is 0.382 e. The summed E-state index contributed by atoms with van der Waals surface area (Å²) in [4.78, 5) is 31.5. The van der Waals surface area contributed by atoms with Gasteiger partial charge >= 0.3 is 6.09 Å². The first-order chi connectivity index (χ1) is 20.0. The van der Waals surface area contributed by atoms with Crippen molar-refractivity contribution < 1.29 is 14.4 Å². The number of nitrogens with one attached hydrogen (secondary N) is 3. The van der Waals surface area contributed by atoms with Crippen molar-refractivity contribution in [1.82, 2.24) is 30.3 Å². The molecule has 4 aromatic rings. The fraction of sp³-hybridized carbons (Fsp3) is 0.400. The number of ether oxygens (including phenoxy) is 1. The Hall–Kier alpha value is -3.73. The summed E-state index contributed by atoms with van der Waals surface area (Å²) in [7, 11) is 1.70. The second-order valence-corrected chi connectivity index (χ2v) is 11.4. The Labute approximate surface area is 243 Å². The van der Waals surface area contributed by atoms with Crippen LogP contribution in [-0.4, -0.2) is 39.3 Å². The largest absolute Gasteiger partial charge is 0.427 e. The van der Waals surface area contributed by atoms with Gasteiger partial charge in [-0.25, -0.2) is 14.8 Å². The molecule has 0 spiro atoms. The van der Waals surface area contributed by atoms with E-state index in [1.165, 1.54) is 12.8 Å². The van der Waals surface area contributed by atoms with E-state index in [1.54, 1.807) is 7.11 Å². The minimum Gasteiger partial charge on any atom is -0.382 e. The molecule has 10 nitrogen and oxygen atoms in total. The molecule has 3 N–H and O–H groups in total. The number of fused-ring (bicyclic) bond motifs is 1. The van der Waals surface area contributed by atoms with Crippen LogP contribution in [0.15, 0.2) is 54.6 Å². The Bertz CT molecular complexity index is 1520. The van der Waals surface area contributed by atoms with Crippen LogP contribution in [0.4, 0.5) is 10.7 Å².